The van der Waals surface area contributed by atoms with Gasteiger partial charge in [-0.1, -0.05) is 18.2 Å². The Kier molecular flexibility index (Phi) is 2.90. The number of nitrogens with zero attached hydrogens (tertiary/aromatic N) is 1. The molecule has 2 aromatic rings. The maximum atomic E-state index is 11.5. The number of benzene rings is 1. The minimum Gasteiger partial charge on any atom is -0.468 e. The highest BCUT2D eigenvalue weighted by atomic mass is 16.5. The molecule has 4 nitrogen and oxygen atoms in total. The number of para-hydroxylation sites is 1. The highest BCUT2D eigenvalue weighted by molar-refractivity contribution is 5.82. The molecule has 17 heavy (non-hydrogen) atoms. The second-order valence-corrected chi connectivity index (χ2v) is 4.41. The van der Waals surface area contributed by atoms with Gasteiger partial charge in [-0.15, -0.1) is 0 Å². The molecular formula is C13H16N2O2. The predicted molar refractivity (Wildman–Crippen MR) is 66.5 cm³/mol. The summed E-state index contributed by atoms with van der Waals surface area (Å²) in [6.07, 6.45) is 1.93. The van der Waals surface area contributed by atoms with Crippen LogP contribution in [0, 0.1) is 0 Å². The van der Waals surface area contributed by atoms with Crippen LogP contribution in [0.2, 0.25) is 0 Å². The van der Waals surface area contributed by atoms with E-state index in [4.69, 9.17) is 10.5 Å². The van der Waals surface area contributed by atoms with E-state index < -0.39 is 11.5 Å². The topological polar surface area (TPSA) is 57.2 Å². The van der Waals surface area contributed by atoms with Crippen molar-refractivity contribution in [3.8, 4) is 0 Å². The summed E-state index contributed by atoms with van der Waals surface area (Å²) in [5.41, 5.74) is 6.00. The third-order valence-electron chi connectivity index (χ3n) is 2.83. The Labute approximate surface area is 100.0 Å². The van der Waals surface area contributed by atoms with Crippen molar-refractivity contribution in [2.24, 2.45) is 5.73 Å². The molecule has 0 aliphatic rings. The summed E-state index contributed by atoms with van der Waals surface area (Å²) in [4.78, 5) is 11.5. The summed E-state index contributed by atoms with van der Waals surface area (Å²) < 4.78 is 6.66. The molecule has 2 N–H and O–H groups in total. The van der Waals surface area contributed by atoms with Gasteiger partial charge in [-0.25, -0.2) is 0 Å². The molecule has 2 rings (SSSR count). The lowest BCUT2D eigenvalue weighted by Gasteiger charge is -2.22. The molecule has 0 bridgehead atoms. The van der Waals surface area contributed by atoms with Crippen molar-refractivity contribution in [2.75, 3.05) is 7.11 Å². The zero-order valence-electron chi connectivity index (χ0n) is 10.0. The number of aromatic nitrogens is 1. The third kappa shape index (κ3) is 2.17. The van der Waals surface area contributed by atoms with Gasteiger partial charge in [-0.2, -0.15) is 0 Å². The van der Waals surface area contributed by atoms with Crippen LogP contribution in [0.3, 0.4) is 0 Å². The quantitative estimate of drug-likeness (QED) is 0.816. The van der Waals surface area contributed by atoms with Crippen LogP contribution < -0.4 is 5.73 Å². The van der Waals surface area contributed by atoms with Crippen LogP contribution in [0.25, 0.3) is 10.9 Å². The second-order valence-electron chi connectivity index (χ2n) is 4.41. The van der Waals surface area contributed by atoms with Crippen LogP contribution in [-0.2, 0) is 16.1 Å². The van der Waals surface area contributed by atoms with Crippen LogP contribution in [0.4, 0.5) is 0 Å². The molecule has 1 unspecified atom stereocenters. The lowest BCUT2D eigenvalue weighted by atomic mass is 10.0. The van der Waals surface area contributed by atoms with E-state index in [9.17, 15) is 4.79 Å². The first-order valence-electron chi connectivity index (χ1n) is 5.46. The number of methoxy groups -OCH3 is 1. The monoisotopic (exact) mass is 232 g/mol. The summed E-state index contributed by atoms with van der Waals surface area (Å²) in [6.45, 7) is 2.07. The maximum Gasteiger partial charge on any atom is 0.327 e. The van der Waals surface area contributed by atoms with Crippen LogP contribution in [0.5, 0.6) is 0 Å². The first-order valence-corrected chi connectivity index (χ1v) is 5.46. The molecule has 90 valence electrons. The van der Waals surface area contributed by atoms with Crippen LogP contribution in [0.1, 0.15) is 6.92 Å². The molecule has 1 aromatic heterocycles. The number of nitrogens with two attached hydrogens (primary N) is 1. The molecular weight excluding hydrogens is 216 g/mol. The van der Waals surface area contributed by atoms with E-state index in [1.807, 2.05) is 41.1 Å². The zero-order chi connectivity index (χ0) is 12.5. The van der Waals surface area contributed by atoms with E-state index in [1.165, 1.54) is 7.11 Å². The van der Waals surface area contributed by atoms with Gasteiger partial charge < -0.3 is 15.0 Å². The fraction of sp³-hybridized carbons (Fsp3) is 0.308. The average Bonchev–Trinajstić information content (AvgIpc) is 2.71. The third-order valence-corrected chi connectivity index (χ3v) is 2.83. The van der Waals surface area contributed by atoms with Gasteiger partial charge >= 0.3 is 5.97 Å². The molecule has 0 aliphatic carbocycles. The second kappa shape index (κ2) is 4.22. The maximum absolute atomic E-state index is 11.5. The lowest BCUT2D eigenvalue weighted by molar-refractivity contribution is -0.146. The Hall–Kier alpha value is -1.81. The Balaban J connectivity index is 2.33. The number of ether oxygens (including phenoxy) is 1. The van der Waals surface area contributed by atoms with E-state index in [0.29, 0.717) is 6.54 Å². The zero-order valence-corrected chi connectivity index (χ0v) is 10.0. The van der Waals surface area contributed by atoms with Crippen LogP contribution >= 0.6 is 0 Å². The van der Waals surface area contributed by atoms with Gasteiger partial charge in [0.05, 0.1) is 13.7 Å². The summed E-state index contributed by atoms with van der Waals surface area (Å²) >= 11 is 0. The molecule has 1 aromatic carbocycles. The molecule has 4 heteroatoms. The number of fused-ring (bicyclic) bond motifs is 1. The molecule has 0 radical (unpaired) electrons. The van der Waals surface area contributed by atoms with Gasteiger partial charge in [-0.3, -0.25) is 4.79 Å². The first-order chi connectivity index (χ1) is 8.04. The van der Waals surface area contributed by atoms with Crippen molar-refractivity contribution >= 4 is 16.9 Å². The number of hydrogen-bond donors (Lipinski definition) is 1. The van der Waals surface area contributed by atoms with Gasteiger partial charge in [-0.05, 0) is 24.4 Å². The van der Waals surface area contributed by atoms with Crippen molar-refractivity contribution in [2.45, 2.75) is 19.0 Å². The first kappa shape index (κ1) is 11.7. The predicted octanol–water partition coefficient (Wildman–Crippen LogP) is 1.53. The van der Waals surface area contributed by atoms with Gasteiger partial charge in [0, 0.05) is 11.7 Å². The number of carbonyl (C=O) groups excluding carboxylic acids is 1. The number of hydrogen-bond acceptors (Lipinski definition) is 3. The highest BCUT2D eigenvalue weighted by Gasteiger charge is 2.30. The lowest BCUT2D eigenvalue weighted by Crippen LogP contribution is -2.49. The number of carbonyl (C=O) groups is 1. The molecule has 0 fully saturated rings. The fourth-order valence-corrected chi connectivity index (χ4v) is 1.93. The minimum atomic E-state index is -1.02. The molecule has 0 amide bonds. The summed E-state index contributed by atoms with van der Waals surface area (Å²) in [6, 6.07) is 9.97. The molecule has 0 aliphatic heterocycles. The van der Waals surface area contributed by atoms with E-state index in [1.54, 1.807) is 6.92 Å². The number of rotatable bonds is 3. The molecule has 0 saturated carbocycles. The largest absolute Gasteiger partial charge is 0.468 e. The fourth-order valence-electron chi connectivity index (χ4n) is 1.93. The van der Waals surface area contributed by atoms with Crippen LogP contribution in [0.15, 0.2) is 36.5 Å². The Morgan fingerprint density at radius 3 is 2.82 bits per heavy atom. The molecule has 1 heterocycles. The van der Waals surface area contributed by atoms with Gasteiger partial charge in [0.2, 0.25) is 0 Å². The van der Waals surface area contributed by atoms with Crippen molar-refractivity contribution in [3.63, 3.8) is 0 Å². The van der Waals surface area contributed by atoms with Crippen LogP contribution in [-0.4, -0.2) is 23.2 Å². The smallest absolute Gasteiger partial charge is 0.327 e. The van der Waals surface area contributed by atoms with E-state index >= 15 is 0 Å². The summed E-state index contributed by atoms with van der Waals surface area (Å²) in [7, 11) is 1.35. The van der Waals surface area contributed by atoms with Crippen molar-refractivity contribution in [3.05, 3.63) is 36.5 Å². The molecule has 0 saturated heterocycles. The van der Waals surface area contributed by atoms with E-state index in [-0.39, 0.29) is 0 Å². The summed E-state index contributed by atoms with van der Waals surface area (Å²) in [5.74, 6) is -0.407. The highest BCUT2D eigenvalue weighted by Crippen LogP contribution is 2.17. The van der Waals surface area contributed by atoms with Gasteiger partial charge in [0.25, 0.3) is 0 Å². The van der Waals surface area contributed by atoms with E-state index in [2.05, 4.69) is 0 Å². The summed E-state index contributed by atoms with van der Waals surface area (Å²) in [5, 5.41) is 1.13. The average molecular weight is 232 g/mol. The van der Waals surface area contributed by atoms with Crippen molar-refractivity contribution in [1.82, 2.24) is 4.57 Å². The Morgan fingerprint density at radius 2 is 2.12 bits per heavy atom. The SMILES string of the molecule is COC(=O)C(C)(N)Cn1ccc2ccccc21. The van der Waals surface area contributed by atoms with Crippen molar-refractivity contribution < 1.29 is 9.53 Å². The van der Waals surface area contributed by atoms with Crippen molar-refractivity contribution in [1.29, 1.82) is 0 Å². The van der Waals surface area contributed by atoms with Gasteiger partial charge in [0.15, 0.2) is 0 Å². The Bertz CT molecular complexity index is 543. The standard InChI is InChI=1S/C13H16N2O2/c1-13(14,12(16)17-2)9-15-8-7-10-5-3-4-6-11(10)15/h3-8H,9,14H2,1-2H3. The normalized spacial score (nSPS) is 14.5. The van der Waals surface area contributed by atoms with Gasteiger partial charge in [0.1, 0.15) is 5.54 Å². The number of esters is 1. The molecule has 0 spiro atoms. The molecule has 1 atom stereocenters. The minimum absolute atomic E-state index is 0.396. The van der Waals surface area contributed by atoms with E-state index in [0.717, 1.165) is 10.9 Å². The Morgan fingerprint density at radius 1 is 1.41 bits per heavy atom.